The number of hydrogen-bond donors (Lipinski definition) is 2. The molecule has 0 saturated heterocycles. The molecule has 2 aromatic rings. The van der Waals surface area contributed by atoms with Gasteiger partial charge in [0.15, 0.2) is 11.6 Å². The van der Waals surface area contributed by atoms with Crippen molar-refractivity contribution >= 4 is 17.7 Å². The Hall–Kier alpha value is -2.51. The molecule has 0 aliphatic carbocycles. The van der Waals surface area contributed by atoms with Gasteiger partial charge in [0.25, 0.3) is 0 Å². The molecule has 19 heavy (non-hydrogen) atoms. The molecule has 0 bridgehead atoms. The molecular formula is C11H16N4O4. The van der Waals surface area contributed by atoms with Gasteiger partial charge in [0.05, 0.1) is 0 Å². The van der Waals surface area contributed by atoms with E-state index in [4.69, 9.17) is 10.5 Å². The molecule has 8 nitrogen and oxygen atoms in total. The van der Waals surface area contributed by atoms with Crippen LogP contribution in [-0.4, -0.2) is 22.0 Å². The van der Waals surface area contributed by atoms with Crippen molar-refractivity contribution in [3.05, 3.63) is 24.7 Å². The lowest BCUT2D eigenvalue weighted by Crippen LogP contribution is -2.27. The summed E-state index contributed by atoms with van der Waals surface area (Å²) >= 11 is 0. The number of nitrogen functional groups attached to an aromatic ring is 1. The number of rotatable bonds is 1. The molecular weight excluding hydrogens is 252 g/mol. The van der Waals surface area contributed by atoms with Crippen LogP contribution >= 0.6 is 0 Å². The lowest BCUT2D eigenvalue weighted by molar-refractivity contribution is 0.0634. The van der Waals surface area contributed by atoms with E-state index in [9.17, 15) is 4.79 Å². The van der Waals surface area contributed by atoms with Crippen molar-refractivity contribution in [2.75, 3.05) is 11.1 Å². The Balaban J connectivity index is 0.000000250. The number of aromatic nitrogens is 2. The molecule has 1 amide bonds. The second kappa shape index (κ2) is 6.43. The van der Waals surface area contributed by atoms with Gasteiger partial charge < -0.3 is 19.5 Å². The van der Waals surface area contributed by atoms with Crippen LogP contribution in [0.3, 0.4) is 0 Å². The summed E-state index contributed by atoms with van der Waals surface area (Å²) in [4.78, 5) is 11.1. The smallest absolute Gasteiger partial charge is 0.413 e. The van der Waals surface area contributed by atoms with Crippen LogP contribution in [0.15, 0.2) is 33.7 Å². The van der Waals surface area contributed by atoms with Gasteiger partial charge in [-0.15, -0.1) is 0 Å². The average Bonchev–Trinajstić information content (AvgIpc) is 2.89. The molecule has 0 aliphatic rings. The highest BCUT2D eigenvalue weighted by atomic mass is 16.6. The molecule has 104 valence electrons. The van der Waals surface area contributed by atoms with Crippen molar-refractivity contribution in [2.45, 2.75) is 26.4 Å². The van der Waals surface area contributed by atoms with Crippen molar-refractivity contribution in [2.24, 2.45) is 0 Å². The van der Waals surface area contributed by atoms with Crippen molar-refractivity contribution in [3.63, 3.8) is 0 Å². The molecule has 0 atom stereocenters. The van der Waals surface area contributed by atoms with Crippen LogP contribution in [0.1, 0.15) is 20.8 Å². The summed E-state index contributed by atoms with van der Waals surface area (Å²) in [6, 6.07) is 3.12. The largest absolute Gasteiger partial charge is 0.444 e. The predicted molar refractivity (Wildman–Crippen MR) is 67.3 cm³/mol. The third kappa shape index (κ3) is 6.71. The van der Waals surface area contributed by atoms with Crippen LogP contribution in [0, 0.1) is 0 Å². The van der Waals surface area contributed by atoms with Gasteiger partial charge in [-0.2, -0.15) is 0 Å². The fourth-order valence-electron chi connectivity index (χ4n) is 0.907. The number of anilines is 2. The van der Waals surface area contributed by atoms with E-state index in [-0.39, 0.29) is 0 Å². The molecule has 8 heteroatoms. The third-order valence-corrected chi connectivity index (χ3v) is 1.52. The molecule has 2 aromatic heterocycles. The normalized spacial score (nSPS) is 10.3. The molecule has 0 aliphatic heterocycles. The standard InChI is InChI=1S/C8H12N2O3.C3H4N2O/c1-8(2,3)13-7(11)9-6-4-5-12-10-6;4-3-1-2-6-5-3/h4-5H,1-3H3,(H,9,10,11);1-2H,(H2,4,5). The number of nitrogens with zero attached hydrogens (tertiary/aromatic N) is 2. The molecule has 0 fully saturated rings. The van der Waals surface area contributed by atoms with Crippen LogP contribution in [0.4, 0.5) is 16.4 Å². The Morgan fingerprint density at radius 2 is 1.89 bits per heavy atom. The minimum Gasteiger partial charge on any atom is -0.444 e. The monoisotopic (exact) mass is 268 g/mol. The molecule has 0 radical (unpaired) electrons. The Morgan fingerprint density at radius 1 is 1.26 bits per heavy atom. The Labute approximate surface area is 109 Å². The first-order valence-corrected chi connectivity index (χ1v) is 5.43. The van der Waals surface area contributed by atoms with E-state index in [1.807, 2.05) is 0 Å². The van der Waals surface area contributed by atoms with Crippen LogP contribution in [-0.2, 0) is 4.74 Å². The molecule has 2 heterocycles. The molecule has 0 unspecified atom stereocenters. The van der Waals surface area contributed by atoms with Crippen LogP contribution < -0.4 is 11.1 Å². The van der Waals surface area contributed by atoms with Gasteiger partial charge in [-0.25, -0.2) is 4.79 Å². The first-order chi connectivity index (χ1) is 8.87. The second-order valence-corrected chi connectivity index (χ2v) is 4.44. The summed E-state index contributed by atoms with van der Waals surface area (Å²) in [7, 11) is 0. The highest BCUT2D eigenvalue weighted by Gasteiger charge is 2.16. The predicted octanol–water partition coefficient (Wildman–Crippen LogP) is 2.28. The van der Waals surface area contributed by atoms with Gasteiger partial charge in [0.2, 0.25) is 0 Å². The molecule has 0 saturated carbocycles. The third-order valence-electron chi connectivity index (χ3n) is 1.52. The summed E-state index contributed by atoms with van der Waals surface area (Å²) in [5, 5.41) is 9.23. The SMILES string of the molecule is CC(C)(C)OC(=O)Nc1ccon1.Nc1ccon1. The summed E-state index contributed by atoms with van der Waals surface area (Å²) < 4.78 is 13.8. The minimum absolute atomic E-state index is 0.342. The number of amides is 1. The van der Waals surface area contributed by atoms with Crippen molar-refractivity contribution in [1.82, 2.24) is 10.3 Å². The van der Waals surface area contributed by atoms with Crippen LogP contribution in [0.25, 0.3) is 0 Å². The first-order valence-electron chi connectivity index (χ1n) is 5.43. The maximum atomic E-state index is 11.1. The summed E-state index contributed by atoms with van der Waals surface area (Å²) in [5.74, 6) is 0.768. The van der Waals surface area contributed by atoms with E-state index >= 15 is 0 Å². The number of carbonyl (C=O) groups is 1. The zero-order valence-electron chi connectivity index (χ0n) is 10.9. The quantitative estimate of drug-likeness (QED) is 0.814. The minimum atomic E-state index is -0.540. The Kier molecular flexibility index (Phi) is 4.92. The van der Waals surface area contributed by atoms with Gasteiger partial charge in [0.1, 0.15) is 18.1 Å². The number of carbonyl (C=O) groups excluding carboxylic acids is 1. The highest BCUT2D eigenvalue weighted by Crippen LogP contribution is 2.09. The van der Waals surface area contributed by atoms with Gasteiger partial charge in [-0.05, 0) is 20.8 Å². The first kappa shape index (κ1) is 14.6. The van der Waals surface area contributed by atoms with Gasteiger partial charge >= 0.3 is 6.09 Å². The number of ether oxygens (including phenoxy) is 1. The van der Waals surface area contributed by atoms with Crippen LogP contribution in [0.2, 0.25) is 0 Å². The summed E-state index contributed by atoms with van der Waals surface area (Å²) in [5.41, 5.74) is 4.57. The van der Waals surface area contributed by atoms with E-state index in [2.05, 4.69) is 24.7 Å². The maximum Gasteiger partial charge on any atom is 0.413 e. The lowest BCUT2D eigenvalue weighted by Gasteiger charge is -2.18. The summed E-state index contributed by atoms with van der Waals surface area (Å²) in [6.45, 7) is 5.36. The zero-order valence-corrected chi connectivity index (χ0v) is 10.9. The van der Waals surface area contributed by atoms with E-state index in [0.29, 0.717) is 11.6 Å². The Bertz CT molecular complexity index is 473. The number of hydrogen-bond acceptors (Lipinski definition) is 7. The second-order valence-electron chi connectivity index (χ2n) is 4.44. The van der Waals surface area contributed by atoms with Crippen molar-refractivity contribution in [3.8, 4) is 0 Å². The fraction of sp³-hybridized carbons (Fsp3) is 0.364. The van der Waals surface area contributed by atoms with E-state index in [1.165, 1.54) is 18.6 Å². The van der Waals surface area contributed by atoms with Crippen molar-refractivity contribution in [1.29, 1.82) is 0 Å². The lowest BCUT2D eigenvalue weighted by atomic mass is 10.2. The topological polar surface area (TPSA) is 116 Å². The van der Waals surface area contributed by atoms with Crippen molar-refractivity contribution < 1.29 is 18.6 Å². The Morgan fingerprint density at radius 3 is 2.26 bits per heavy atom. The van der Waals surface area contributed by atoms with Gasteiger partial charge in [-0.3, -0.25) is 5.32 Å². The van der Waals surface area contributed by atoms with E-state index < -0.39 is 11.7 Å². The average molecular weight is 268 g/mol. The van der Waals surface area contributed by atoms with E-state index in [1.54, 1.807) is 26.8 Å². The molecule has 0 aromatic carbocycles. The van der Waals surface area contributed by atoms with Crippen LogP contribution in [0.5, 0.6) is 0 Å². The van der Waals surface area contributed by atoms with Gasteiger partial charge in [-0.1, -0.05) is 10.3 Å². The maximum absolute atomic E-state index is 11.1. The zero-order chi connectivity index (χ0) is 14.3. The molecule has 2 rings (SSSR count). The molecule has 0 spiro atoms. The highest BCUT2D eigenvalue weighted by molar-refractivity contribution is 5.83. The number of nitrogens with two attached hydrogens (primary N) is 1. The van der Waals surface area contributed by atoms with E-state index in [0.717, 1.165) is 0 Å². The molecule has 3 N–H and O–H groups in total. The number of nitrogens with one attached hydrogen (secondary N) is 1. The summed E-state index contributed by atoms with van der Waals surface area (Å²) in [6.07, 6.45) is 2.25. The van der Waals surface area contributed by atoms with Gasteiger partial charge in [0, 0.05) is 12.1 Å². The fourth-order valence-corrected chi connectivity index (χ4v) is 0.907.